The zero-order valence-electron chi connectivity index (χ0n) is 8.53. The first-order valence-corrected chi connectivity index (χ1v) is 5.32. The van der Waals surface area contributed by atoms with Crippen LogP contribution in [0.1, 0.15) is 23.3 Å². The highest BCUT2D eigenvalue weighted by Gasteiger charge is 2.27. The highest BCUT2D eigenvalue weighted by atomic mass is 35.5. The monoisotopic (exact) mass is 227 g/mol. The average Bonchev–Trinajstić information content (AvgIpc) is 2.42. The van der Waals surface area contributed by atoms with Gasteiger partial charge in [0.15, 0.2) is 0 Å². The summed E-state index contributed by atoms with van der Waals surface area (Å²) >= 11 is 5.80. The molecule has 0 unspecified atom stereocenters. The molecule has 0 bridgehead atoms. The summed E-state index contributed by atoms with van der Waals surface area (Å²) in [7, 11) is 1.80. The molecule has 5 heteroatoms. The molecule has 1 saturated carbocycles. The number of nitrogens with two attached hydrogens (primary N) is 1. The average molecular weight is 228 g/mol. The van der Waals surface area contributed by atoms with Crippen LogP contribution in [-0.2, 0) is 7.05 Å². The fraction of sp³-hybridized carbons (Fsp3) is 0.500. The molecule has 4 nitrogen and oxygen atoms in total. The number of rotatable bonds is 2. The van der Waals surface area contributed by atoms with Gasteiger partial charge < -0.3 is 15.6 Å². The van der Waals surface area contributed by atoms with Crippen molar-refractivity contribution in [2.45, 2.75) is 24.9 Å². The molecule has 1 aromatic rings. The molecular formula is C10H14ClN3O. The second-order valence-corrected chi connectivity index (χ2v) is 4.49. The molecule has 15 heavy (non-hydrogen) atoms. The maximum Gasteiger partial charge on any atom is 0.268 e. The maximum atomic E-state index is 11.8. The normalized spacial score (nSPS) is 24.7. The first-order chi connectivity index (χ1) is 7.06. The number of nitrogens with zero attached hydrogens (tertiary/aromatic N) is 1. The van der Waals surface area contributed by atoms with Crippen LogP contribution in [0.3, 0.4) is 0 Å². The first-order valence-electron chi connectivity index (χ1n) is 4.94. The summed E-state index contributed by atoms with van der Waals surface area (Å²) in [5.41, 5.74) is 6.22. The highest BCUT2D eigenvalue weighted by molar-refractivity contribution is 6.31. The Morgan fingerprint density at radius 1 is 1.67 bits per heavy atom. The predicted molar refractivity (Wildman–Crippen MR) is 58.9 cm³/mol. The summed E-state index contributed by atoms with van der Waals surface area (Å²) in [6.07, 6.45) is 3.44. The maximum absolute atomic E-state index is 11.8. The molecule has 0 spiro atoms. The molecule has 1 fully saturated rings. The predicted octanol–water partition coefficient (Wildman–Crippen LogP) is 0.898. The Morgan fingerprint density at radius 2 is 2.33 bits per heavy atom. The molecule has 2 rings (SSSR count). The molecule has 0 atom stereocenters. The number of halogens is 1. The molecule has 82 valence electrons. The number of nitrogens with one attached hydrogen (secondary N) is 1. The number of amides is 1. The van der Waals surface area contributed by atoms with E-state index in [2.05, 4.69) is 5.32 Å². The Balaban J connectivity index is 1.99. The van der Waals surface area contributed by atoms with Gasteiger partial charge in [-0.15, -0.1) is 0 Å². The van der Waals surface area contributed by atoms with Crippen molar-refractivity contribution in [1.29, 1.82) is 0 Å². The van der Waals surface area contributed by atoms with Crippen molar-refractivity contribution >= 4 is 17.5 Å². The molecular weight excluding hydrogens is 214 g/mol. The van der Waals surface area contributed by atoms with E-state index in [9.17, 15) is 4.79 Å². The van der Waals surface area contributed by atoms with Gasteiger partial charge in [0.2, 0.25) is 0 Å². The molecule has 1 aliphatic carbocycles. The van der Waals surface area contributed by atoms with Crippen LogP contribution in [0.25, 0.3) is 0 Å². The van der Waals surface area contributed by atoms with Gasteiger partial charge in [0.25, 0.3) is 5.91 Å². The zero-order chi connectivity index (χ0) is 11.0. The van der Waals surface area contributed by atoms with E-state index >= 15 is 0 Å². The molecule has 0 saturated heterocycles. The van der Waals surface area contributed by atoms with Crippen LogP contribution in [0.15, 0.2) is 12.3 Å². The van der Waals surface area contributed by atoms with Gasteiger partial charge in [-0.05, 0) is 18.9 Å². The highest BCUT2D eigenvalue weighted by Crippen LogP contribution is 2.19. The number of hydrogen-bond donors (Lipinski definition) is 2. The van der Waals surface area contributed by atoms with Crippen LogP contribution in [-0.4, -0.2) is 22.6 Å². The van der Waals surface area contributed by atoms with E-state index in [-0.39, 0.29) is 18.0 Å². The van der Waals surface area contributed by atoms with Gasteiger partial charge >= 0.3 is 0 Å². The largest absolute Gasteiger partial charge is 0.348 e. The Kier molecular flexibility index (Phi) is 2.71. The lowest BCUT2D eigenvalue weighted by Crippen LogP contribution is -2.50. The lowest BCUT2D eigenvalue weighted by atomic mass is 9.87. The zero-order valence-corrected chi connectivity index (χ0v) is 9.29. The topological polar surface area (TPSA) is 60.0 Å². The van der Waals surface area contributed by atoms with Crippen molar-refractivity contribution in [3.05, 3.63) is 23.0 Å². The van der Waals surface area contributed by atoms with E-state index in [1.54, 1.807) is 23.9 Å². The van der Waals surface area contributed by atoms with Gasteiger partial charge in [-0.25, -0.2) is 0 Å². The van der Waals surface area contributed by atoms with Gasteiger partial charge in [-0.1, -0.05) is 11.6 Å². The summed E-state index contributed by atoms with van der Waals surface area (Å²) in [6.45, 7) is 0. The van der Waals surface area contributed by atoms with Crippen LogP contribution < -0.4 is 11.1 Å². The summed E-state index contributed by atoms with van der Waals surface area (Å²) < 4.78 is 1.72. The van der Waals surface area contributed by atoms with E-state index < -0.39 is 0 Å². The van der Waals surface area contributed by atoms with Crippen molar-refractivity contribution in [1.82, 2.24) is 9.88 Å². The van der Waals surface area contributed by atoms with Crippen molar-refractivity contribution in [3.63, 3.8) is 0 Å². The van der Waals surface area contributed by atoms with Crippen LogP contribution in [0.5, 0.6) is 0 Å². The molecule has 0 aliphatic heterocycles. The third-order valence-corrected chi connectivity index (χ3v) is 2.92. The van der Waals surface area contributed by atoms with Gasteiger partial charge in [0.1, 0.15) is 5.69 Å². The SMILES string of the molecule is Cn1cc(Cl)cc1C(=O)NC1CC(N)C1. The third kappa shape index (κ3) is 2.16. The smallest absolute Gasteiger partial charge is 0.268 e. The Hall–Kier alpha value is -1.00. The summed E-state index contributed by atoms with van der Waals surface area (Å²) in [5.74, 6) is -0.0821. The second-order valence-electron chi connectivity index (χ2n) is 4.06. The van der Waals surface area contributed by atoms with Crippen LogP contribution in [0.4, 0.5) is 0 Å². The van der Waals surface area contributed by atoms with E-state index in [0.29, 0.717) is 10.7 Å². The van der Waals surface area contributed by atoms with Gasteiger partial charge in [-0.3, -0.25) is 4.79 Å². The second kappa shape index (κ2) is 3.87. The molecule has 1 aliphatic rings. The van der Waals surface area contributed by atoms with Gasteiger partial charge in [-0.2, -0.15) is 0 Å². The fourth-order valence-electron chi connectivity index (χ4n) is 1.79. The third-order valence-electron chi connectivity index (χ3n) is 2.71. The number of carbonyl (C=O) groups excluding carboxylic acids is 1. The van der Waals surface area contributed by atoms with E-state index in [0.717, 1.165) is 12.8 Å². The van der Waals surface area contributed by atoms with Gasteiger partial charge in [0, 0.05) is 25.3 Å². The van der Waals surface area contributed by atoms with E-state index in [4.69, 9.17) is 17.3 Å². The van der Waals surface area contributed by atoms with Crippen LogP contribution >= 0.6 is 11.6 Å². The number of aryl methyl sites for hydroxylation is 1. The van der Waals surface area contributed by atoms with Crippen molar-refractivity contribution in [3.8, 4) is 0 Å². The van der Waals surface area contributed by atoms with E-state index in [1.807, 2.05) is 0 Å². The van der Waals surface area contributed by atoms with E-state index in [1.165, 1.54) is 0 Å². The molecule has 0 radical (unpaired) electrons. The molecule has 1 amide bonds. The summed E-state index contributed by atoms with van der Waals surface area (Å²) in [6, 6.07) is 2.13. The molecule has 1 heterocycles. The van der Waals surface area contributed by atoms with Crippen LogP contribution in [0, 0.1) is 0 Å². The Morgan fingerprint density at radius 3 is 2.80 bits per heavy atom. The number of hydrogen-bond acceptors (Lipinski definition) is 2. The molecule has 3 N–H and O–H groups in total. The minimum atomic E-state index is -0.0821. The molecule has 1 aromatic heterocycles. The standard InChI is InChI=1S/C10H14ClN3O/c1-14-5-6(11)2-9(14)10(15)13-8-3-7(12)4-8/h2,5,7-8H,3-4,12H2,1H3,(H,13,15). The van der Waals surface area contributed by atoms with Crippen molar-refractivity contribution in [2.75, 3.05) is 0 Å². The number of carbonyl (C=O) groups is 1. The van der Waals surface area contributed by atoms with Crippen LogP contribution in [0.2, 0.25) is 5.02 Å². The fourth-order valence-corrected chi connectivity index (χ4v) is 2.04. The lowest BCUT2D eigenvalue weighted by Gasteiger charge is -2.32. The van der Waals surface area contributed by atoms with Crippen molar-refractivity contribution < 1.29 is 4.79 Å². The molecule has 0 aromatic carbocycles. The lowest BCUT2D eigenvalue weighted by molar-refractivity contribution is 0.0902. The minimum Gasteiger partial charge on any atom is -0.348 e. The summed E-state index contributed by atoms with van der Waals surface area (Å²) in [5, 5.41) is 3.50. The van der Waals surface area contributed by atoms with Crippen molar-refractivity contribution in [2.24, 2.45) is 12.8 Å². The Labute approximate surface area is 93.4 Å². The Bertz CT molecular complexity index is 382. The summed E-state index contributed by atoms with van der Waals surface area (Å²) in [4.78, 5) is 11.8. The minimum absolute atomic E-state index is 0.0821. The first kappa shape index (κ1) is 10.5. The quantitative estimate of drug-likeness (QED) is 0.789. The van der Waals surface area contributed by atoms with Gasteiger partial charge in [0.05, 0.1) is 5.02 Å². The number of aromatic nitrogens is 1.